The molecule has 0 aliphatic carbocycles. The summed E-state index contributed by atoms with van der Waals surface area (Å²) in [4.78, 5) is 0. The largest absolute Gasteiger partial charge is 0.198 e. The molecule has 0 unspecified atom stereocenters. The SMILES string of the molecule is C=C/C=C(/C#N)CC#N. The molecule has 0 aromatic carbocycles. The molecule has 0 atom stereocenters. The Morgan fingerprint density at radius 2 is 2.22 bits per heavy atom. The Hall–Kier alpha value is -1.54. The molecule has 0 rings (SSSR count). The van der Waals surface area contributed by atoms with Crippen LogP contribution in [0.4, 0.5) is 0 Å². The van der Waals surface area contributed by atoms with Crippen LogP contribution in [0.1, 0.15) is 6.42 Å². The Morgan fingerprint density at radius 1 is 1.56 bits per heavy atom. The highest BCUT2D eigenvalue weighted by Crippen LogP contribution is 1.96. The van der Waals surface area contributed by atoms with Crippen LogP contribution >= 0.6 is 0 Å². The van der Waals surface area contributed by atoms with E-state index in [0.29, 0.717) is 5.57 Å². The third-order valence-corrected chi connectivity index (χ3v) is 0.732. The molecule has 0 saturated carbocycles. The smallest absolute Gasteiger partial charge is 0.0958 e. The van der Waals surface area contributed by atoms with E-state index in [2.05, 4.69) is 6.58 Å². The molecule has 0 amide bonds. The Labute approximate surface area is 54.3 Å². The van der Waals surface area contributed by atoms with Crippen LogP contribution in [0.25, 0.3) is 0 Å². The first-order chi connectivity index (χ1) is 4.35. The lowest BCUT2D eigenvalue weighted by Crippen LogP contribution is -1.72. The Bertz CT molecular complexity index is 200. The van der Waals surface area contributed by atoms with E-state index in [4.69, 9.17) is 10.5 Å². The minimum atomic E-state index is 0.169. The minimum absolute atomic E-state index is 0.169. The van der Waals surface area contributed by atoms with Crippen LogP contribution < -0.4 is 0 Å². The summed E-state index contributed by atoms with van der Waals surface area (Å²) < 4.78 is 0. The quantitative estimate of drug-likeness (QED) is 0.407. The highest BCUT2D eigenvalue weighted by molar-refractivity contribution is 5.27. The summed E-state index contributed by atoms with van der Waals surface area (Å²) in [6.45, 7) is 3.39. The maximum Gasteiger partial charge on any atom is 0.0958 e. The lowest BCUT2D eigenvalue weighted by Gasteiger charge is -1.80. The molecule has 0 fully saturated rings. The highest BCUT2D eigenvalue weighted by atomic mass is 14.3. The molecule has 2 nitrogen and oxygen atoms in total. The van der Waals surface area contributed by atoms with E-state index >= 15 is 0 Å². The molecular formula is C7H6N2. The number of allylic oxidation sites excluding steroid dienone is 3. The molecule has 9 heavy (non-hydrogen) atoms. The van der Waals surface area contributed by atoms with Gasteiger partial charge in [0.05, 0.1) is 18.6 Å². The van der Waals surface area contributed by atoms with Gasteiger partial charge in [-0.25, -0.2) is 0 Å². The fraction of sp³-hybridized carbons (Fsp3) is 0.143. The van der Waals surface area contributed by atoms with Crippen LogP contribution in [-0.4, -0.2) is 0 Å². The monoisotopic (exact) mass is 118 g/mol. The second-order valence-corrected chi connectivity index (χ2v) is 1.37. The first-order valence-corrected chi connectivity index (χ1v) is 2.43. The van der Waals surface area contributed by atoms with E-state index in [-0.39, 0.29) is 6.42 Å². The van der Waals surface area contributed by atoms with Crippen LogP contribution in [0.3, 0.4) is 0 Å². The van der Waals surface area contributed by atoms with E-state index in [1.807, 2.05) is 12.1 Å². The van der Waals surface area contributed by atoms with Crippen LogP contribution in [0.15, 0.2) is 24.3 Å². The van der Waals surface area contributed by atoms with Gasteiger partial charge in [0.25, 0.3) is 0 Å². The fourth-order valence-electron chi connectivity index (χ4n) is 0.363. The summed E-state index contributed by atoms with van der Waals surface area (Å²) in [6, 6.07) is 3.74. The molecule has 0 radical (unpaired) electrons. The van der Waals surface area contributed by atoms with Gasteiger partial charge in [-0.15, -0.1) is 0 Å². The molecule has 0 aromatic rings. The summed E-state index contributed by atoms with van der Waals surface area (Å²) in [7, 11) is 0. The Morgan fingerprint density at radius 3 is 2.56 bits per heavy atom. The van der Waals surface area contributed by atoms with Gasteiger partial charge in [-0.1, -0.05) is 12.7 Å². The van der Waals surface area contributed by atoms with Gasteiger partial charge in [-0.2, -0.15) is 10.5 Å². The highest BCUT2D eigenvalue weighted by Gasteiger charge is 1.88. The zero-order valence-corrected chi connectivity index (χ0v) is 4.96. The Kier molecular flexibility index (Phi) is 3.83. The van der Waals surface area contributed by atoms with Gasteiger partial charge < -0.3 is 0 Å². The number of nitriles is 2. The zero-order chi connectivity index (χ0) is 7.11. The first kappa shape index (κ1) is 7.46. The van der Waals surface area contributed by atoms with Crippen molar-refractivity contribution >= 4 is 0 Å². The summed E-state index contributed by atoms with van der Waals surface area (Å²) in [5.41, 5.74) is 0.451. The summed E-state index contributed by atoms with van der Waals surface area (Å²) >= 11 is 0. The van der Waals surface area contributed by atoms with Crippen molar-refractivity contribution in [3.8, 4) is 12.1 Å². The average Bonchev–Trinajstić information content (AvgIpc) is 1.88. The minimum Gasteiger partial charge on any atom is -0.198 e. The van der Waals surface area contributed by atoms with Gasteiger partial charge in [-0.05, 0) is 6.08 Å². The maximum absolute atomic E-state index is 8.27. The number of nitrogens with zero attached hydrogens (tertiary/aromatic N) is 2. The van der Waals surface area contributed by atoms with Crippen molar-refractivity contribution in [2.24, 2.45) is 0 Å². The maximum atomic E-state index is 8.27. The lowest BCUT2D eigenvalue weighted by molar-refractivity contribution is 1.27. The molecule has 0 saturated heterocycles. The van der Waals surface area contributed by atoms with Crippen molar-refractivity contribution < 1.29 is 0 Å². The first-order valence-electron chi connectivity index (χ1n) is 2.43. The molecule has 2 heteroatoms. The molecule has 0 spiro atoms. The van der Waals surface area contributed by atoms with Crippen LogP contribution in [0, 0.1) is 22.7 Å². The molecule has 0 aliphatic heterocycles. The predicted molar refractivity (Wildman–Crippen MR) is 34.1 cm³/mol. The second-order valence-electron chi connectivity index (χ2n) is 1.37. The lowest BCUT2D eigenvalue weighted by atomic mass is 10.2. The van der Waals surface area contributed by atoms with E-state index in [9.17, 15) is 0 Å². The van der Waals surface area contributed by atoms with Crippen LogP contribution in [0.5, 0.6) is 0 Å². The number of hydrogen-bond acceptors (Lipinski definition) is 2. The van der Waals surface area contributed by atoms with Gasteiger partial charge in [0.15, 0.2) is 0 Å². The van der Waals surface area contributed by atoms with Gasteiger partial charge in [-0.3, -0.25) is 0 Å². The molecule has 0 N–H and O–H groups in total. The summed E-state index contributed by atoms with van der Waals surface area (Å²) in [6.07, 6.45) is 3.20. The molecule has 0 heterocycles. The van der Waals surface area contributed by atoms with Crippen molar-refractivity contribution in [1.29, 1.82) is 10.5 Å². The van der Waals surface area contributed by atoms with Crippen molar-refractivity contribution in [2.45, 2.75) is 6.42 Å². The third kappa shape index (κ3) is 3.08. The second kappa shape index (κ2) is 4.61. The average molecular weight is 118 g/mol. The predicted octanol–water partition coefficient (Wildman–Crippen LogP) is 1.54. The van der Waals surface area contributed by atoms with E-state index in [1.165, 1.54) is 12.2 Å². The topological polar surface area (TPSA) is 47.6 Å². The van der Waals surface area contributed by atoms with Crippen LogP contribution in [-0.2, 0) is 0 Å². The van der Waals surface area contributed by atoms with Crippen molar-refractivity contribution in [2.75, 3.05) is 0 Å². The fourth-order valence-corrected chi connectivity index (χ4v) is 0.363. The van der Waals surface area contributed by atoms with E-state index in [1.54, 1.807) is 0 Å². The van der Waals surface area contributed by atoms with E-state index in [0.717, 1.165) is 0 Å². The molecule has 0 aromatic heterocycles. The van der Waals surface area contributed by atoms with Crippen LogP contribution in [0.2, 0.25) is 0 Å². The van der Waals surface area contributed by atoms with E-state index < -0.39 is 0 Å². The van der Waals surface area contributed by atoms with Gasteiger partial charge >= 0.3 is 0 Å². The Balaban J connectivity index is 4.06. The van der Waals surface area contributed by atoms with Gasteiger partial charge in [0.1, 0.15) is 0 Å². The molecular weight excluding hydrogens is 112 g/mol. The molecule has 0 bridgehead atoms. The van der Waals surface area contributed by atoms with Gasteiger partial charge in [0, 0.05) is 5.57 Å². The number of hydrogen-bond donors (Lipinski definition) is 0. The standard InChI is InChI=1S/C7H6N2/c1-2-3-7(6-9)4-5-8/h2-3H,1,4H2/b7-3+. The normalized spacial score (nSPS) is 9.33. The zero-order valence-electron chi connectivity index (χ0n) is 4.96. The third-order valence-electron chi connectivity index (χ3n) is 0.732. The summed E-state index contributed by atoms with van der Waals surface area (Å²) in [5.74, 6) is 0. The van der Waals surface area contributed by atoms with Crippen molar-refractivity contribution in [3.63, 3.8) is 0 Å². The molecule has 44 valence electrons. The van der Waals surface area contributed by atoms with Crippen molar-refractivity contribution in [1.82, 2.24) is 0 Å². The summed E-state index contributed by atoms with van der Waals surface area (Å²) in [5, 5.41) is 16.4. The van der Waals surface area contributed by atoms with Gasteiger partial charge in [0.2, 0.25) is 0 Å². The van der Waals surface area contributed by atoms with Crippen molar-refractivity contribution in [3.05, 3.63) is 24.3 Å². The number of rotatable bonds is 2. The molecule has 0 aliphatic rings.